The molecule has 2 aromatic rings. The van der Waals surface area contributed by atoms with Crippen LogP contribution in [0.15, 0.2) is 22.6 Å². The topological polar surface area (TPSA) is 26.0 Å². The van der Waals surface area contributed by atoms with Gasteiger partial charge >= 0.3 is 100 Å². The number of hydrogen-bond donors (Lipinski definition) is 0. The van der Waals surface area contributed by atoms with Crippen LogP contribution in [-0.4, -0.2) is 26.1 Å². The van der Waals surface area contributed by atoms with Crippen molar-refractivity contribution in [1.29, 1.82) is 0 Å². The number of oxazole rings is 1. The Balaban J connectivity index is 2.38. The molecule has 0 aliphatic carbocycles. The van der Waals surface area contributed by atoms with Gasteiger partial charge in [-0.2, -0.15) is 0 Å². The molecule has 1 heterocycles. The van der Waals surface area contributed by atoms with Gasteiger partial charge in [0, 0.05) is 0 Å². The third kappa shape index (κ3) is 2.74. The minimum absolute atomic E-state index is 0.478. The summed E-state index contributed by atoms with van der Waals surface area (Å²) in [5.41, 5.74) is 1.92. The average Bonchev–Trinajstić information content (AvgIpc) is 2.40. The first-order valence-corrected chi connectivity index (χ1v) is 7.95. The zero-order chi connectivity index (χ0) is 11.1. The van der Waals surface area contributed by atoms with Crippen molar-refractivity contribution in [3.05, 3.63) is 24.1 Å². The summed E-state index contributed by atoms with van der Waals surface area (Å²) in [6.45, 7) is 8.84. The van der Waals surface area contributed by atoms with Crippen LogP contribution in [0.4, 0.5) is 0 Å². The Morgan fingerprint density at radius 3 is 2.67 bits per heavy atom. The maximum absolute atomic E-state index is 5.54. The molecule has 0 aliphatic rings. The number of hydrogen-bond acceptors (Lipinski definition) is 2. The van der Waals surface area contributed by atoms with Crippen molar-refractivity contribution < 1.29 is 4.42 Å². The van der Waals surface area contributed by atoms with Gasteiger partial charge in [0.15, 0.2) is 0 Å². The van der Waals surface area contributed by atoms with Crippen molar-refractivity contribution >= 4 is 35.8 Å². The summed E-state index contributed by atoms with van der Waals surface area (Å²) in [6.07, 6.45) is 0. The summed E-state index contributed by atoms with van der Waals surface area (Å²) in [4.78, 5) is 4.30. The molecular formula is C12H15NOSn. The van der Waals surface area contributed by atoms with Crippen LogP contribution < -0.4 is 3.58 Å². The molecule has 0 aliphatic heterocycles. The van der Waals surface area contributed by atoms with Gasteiger partial charge in [0.25, 0.3) is 0 Å². The van der Waals surface area contributed by atoms with Gasteiger partial charge in [-0.15, -0.1) is 0 Å². The van der Waals surface area contributed by atoms with Crippen molar-refractivity contribution in [3.8, 4) is 0 Å². The normalized spacial score (nSPS) is 12.3. The third-order valence-electron chi connectivity index (χ3n) is 2.01. The Bertz CT molecular complexity index is 482. The van der Waals surface area contributed by atoms with E-state index in [4.69, 9.17) is 4.42 Å². The van der Waals surface area contributed by atoms with Crippen LogP contribution in [0.3, 0.4) is 0 Å². The zero-order valence-electron chi connectivity index (χ0n) is 9.59. The molecular weight excluding hydrogens is 293 g/mol. The van der Waals surface area contributed by atoms with Gasteiger partial charge in [0.1, 0.15) is 0 Å². The minimum atomic E-state index is -0.531. The van der Waals surface area contributed by atoms with E-state index in [0.29, 0.717) is 3.43 Å². The van der Waals surface area contributed by atoms with Crippen LogP contribution >= 0.6 is 0 Å². The van der Waals surface area contributed by atoms with Crippen molar-refractivity contribution in [1.82, 2.24) is 4.98 Å². The van der Waals surface area contributed by atoms with Crippen LogP contribution in [0.1, 0.15) is 26.7 Å². The zero-order valence-corrected chi connectivity index (χ0v) is 12.4. The fraction of sp³-hybridized carbons (Fsp3) is 0.417. The van der Waals surface area contributed by atoms with E-state index in [1.54, 1.807) is 0 Å². The molecule has 0 bridgehead atoms. The molecule has 2 rings (SSSR count). The third-order valence-corrected chi connectivity index (χ3v) is 5.87. The van der Waals surface area contributed by atoms with Crippen LogP contribution in [0.5, 0.6) is 0 Å². The number of nitrogens with zero attached hydrogens (tertiary/aromatic N) is 1. The number of aryl methyl sites for hydroxylation is 1. The van der Waals surface area contributed by atoms with Crippen molar-refractivity contribution in [2.24, 2.45) is 0 Å². The van der Waals surface area contributed by atoms with E-state index in [9.17, 15) is 0 Å². The Morgan fingerprint density at radius 1 is 1.27 bits per heavy atom. The van der Waals surface area contributed by atoms with Gasteiger partial charge in [-0.1, -0.05) is 0 Å². The molecule has 2 radical (unpaired) electrons. The molecule has 1 aromatic heterocycles. The SMILES string of the molecule is Cc1nc2cc[c]([Sn][C](C)(C)C)cc2o1. The van der Waals surface area contributed by atoms with Gasteiger partial charge in [-0.3, -0.25) is 0 Å². The second-order valence-corrected chi connectivity index (χ2v) is 11.4. The maximum atomic E-state index is 5.54. The molecule has 0 saturated heterocycles. The molecule has 0 atom stereocenters. The number of aromatic nitrogens is 1. The Labute approximate surface area is 100 Å². The summed E-state index contributed by atoms with van der Waals surface area (Å²) < 4.78 is 7.50. The average molecular weight is 308 g/mol. The van der Waals surface area contributed by atoms with E-state index in [1.807, 2.05) is 6.92 Å². The molecule has 0 fully saturated rings. The standard InChI is InChI=1S/C8H6NO.C4H9.Sn/c1-6-9-7-4-2-3-5-8(7)10-6;1-4(2)3;/h2,4-5H,1H3;1-3H3;. The molecule has 78 valence electrons. The van der Waals surface area contributed by atoms with E-state index < -0.39 is 21.1 Å². The van der Waals surface area contributed by atoms with Crippen LogP contribution in [0, 0.1) is 6.92 Å². The molecule has 0 spiro atoms. The molecule has 0 N–H and O–H groups in total. The molecule has 3 heteroatoms. The Kier molecular flexibility index (Phi) is 2.79. The van der Waals surface area contributed by atoms with Crippen LogP contribution in [0.2, 0.25) is 3.43 Å². The summed E-state index contributed by atoms with van der Waals surface area (Å²) in [7, 11) is 0. The first-order chi connectivity index (χ1) is 6.94. The van der Waals surface area contributed by atoms with Crippen LogP contribution in [-0.2, 0) is 0 Å². The second kappa shape index (κ2) is 3.81. The summed E-state index contributed by atoms with van der Waals surface area (Å²) in [5, 5.41) is 0. The molecule has 15 heavy (non-hydrogen) atoms. The molecule has 0 unspecified atom stereocenters. The van der Waals surface area contributed by atoms with Crippen molar-refractivity contribution in [3.63, 3.8) is 0 Å². The van der Waals surface area contributed by atoms with E-state index >= 15 is 0 Å². The first kappa shape index (κ1) is 11.0. The summed E-state index contributed by atoms with van der Waals surface area (Å²) in [5.74, 6) is 0.753. The molecule has 0 saturated carbocycles. The molecule has 2 nitrogen and oxygen atoms in total. The quantitative estimate of drug-likeness (QED) is 0.757. The van der Waals surface area contributed by atoms with Crippen molar-refractivity contribution in [2.45, 2.75) is 31.1 Å². The number of rotatable bonds is 1. The first-order valence-electron chi connectivity index (χ1n) is 5.09. The Hall–Kier alpha value is -0.511. The molecule has 0 amide bonds. The summed E-state index contributed by atoms with van der Waals surface area (Å²) in [6, 6.07) is 6.46. The van der Waals surface area contributed by atoms with Gasteiger partial charge in [0.05, 0.1) is 0 Å². The monoisotopic (exact) mass is 309 g/mol. The van der Waals surface area contributed by atoms with Gasteiger partial charge in [-0.25, -0.2) is 0 Å². The second-order valence-electron chi connectivity index (χ2n) is 4.79. The predicted octanol–water partition coefficient (Wildman–Crippen LogP) is 2.68. The van der Waals surface area contributed by atoms with E-state index in [2.05, 4.69) is 44.0 Å². The van der Waals surface area contributed by atoms with E-state index in [1.165, 1.54) is 3.58 Å². The van der Waals surface area contributed by atoms with Crippen LogP contribution in [0.25, 0.3) is 11.1 Å². The summed E-state index contributed by atoms with van der Waals surface area (Å²) >= 11 is -0.531. The molecule has 1 aromatic carbocycles. The van der Waals surface area contributed by atoms with Gasteiger partial charge < -0.3 is 0 Å². The Morgan fingerprint density at radius 2 is 2.00 bits per heavy atom. The van der Waals surface area contributed by atoms with Crippen molar-refractivity contribution in [2.75, 3.05) is 0 Å². The van der Waals surface area contributed by atoms with E-state index in [-0.39, 0.29) is 0 Å². The van der Waals surface area contributed by atoms with Gasteiger partial charge in [0.2, 0.25) is 0 Å². The van der Waals surface area contributed by atoms with E-state index in [0.717, 1.165) is 17.0 Å². The predicted molar refractivity (Wildman–Crippen MR) is 63.8 cm³/mol. The fourth-order valence-corrected chi connectivity index (χ4v) is 5.08. The number of benzene rings is 1. The number of fused-ring (bicyclic) bond motifs is 1. The fourth-order valence-electron chi connectivity index (χ4n) is 1.55. The van der Waals surface area contributed by atoms with Gasteiger partial charge in [-0.05, 0) is 0 Å².